The van der Waals surface area contributed by atoms with Gasteiger partial charge in [0.2, 0.25) is 11.5 Å². The number of aromatic nitrogens is 2. The highest BCUT2D eigenvalue weighted by molar-refractivity contribution is 8.00. The molecule has 37 heavy (non-hydrogen) atoms. The lowest BCUT2D eigenvalue weighted by molar-refractivity contribution is -0.150. The van der Waals surface area contributed by atoms with E-state index in [0.717, 1.165) is 16.4 Å². The molecule has 1 saturated heterocycles. The van der Waals surface area contributed by atoms with E-state index >= 15 is 0 Å². The summed E-state index contributed by atoms with van der Waals surface area (Å²) < 4.78 is 8.88. The van der Waals surface area contributed by atoms with Gasteiger partial charge in [-0.2, -0.15) is 9.36 Å². The monoisotopic (exact) mass is 586 g/mol. The van der Waals surface area contributed by atoms with Crippen LogP contribution in [0.15, 0.2) is 34.6 Å². The minimum absolute atomic E-state index is 0.0651. The van der Waals surface area contributed by atoms with E-state index in [2.05, 4.69) is 19.8 Å². The first-order valence-electron chi connectivity index (χ1n) is 10.2. The Balaban J connectivity index is 1.54. The van der Waals surface area contributed by atoms with Crippen molar-refractivity contribution >= 4 is 81.1 Å². The number of carboxylic acids is 1. The molecule has 2 aliphatic heterocycles. The van der Waals surface area contributed by atoms with Gasteiger partial charge in [-0.25, -0.2) is 4.79 Å². The van der Waals surface area contributed by atoms with Crippen LogP contribution in [-0.4, -0.2) is 72.6 Å². The van der Waals surface area contributed by atoms with Crippen molar-refractivity contribution < 1.29 is 33.9 Å². The van der Waals surface area contributed by atoms with Gasteiger partial charge in [-0.15, -0.1) is 11.8 Å². The molecule has 0 aliphatic carbocycles. The minimum Gasteiger partial charge on any atom is -0.477 e. The number of hydrogen-bond acceptors (Lipinski definition) is 12. The number of ether oxygens (including phenoxy) is 1. The van der Waals surface area contributed by atoms with E-state index in [1.165, 1.54) is 36.9 Å². The summed E-state index contributed by atoms with van der Waals surface area (Å²) in [6, 6.07) is 3.24. The second-order valence-electron chi connectivity index (χ2n) is 7.46. The van der Waals surface area contributed by atoms with E-state index in [-0.39, 0.29) is 56.1 Å². The summed E-state index contributed by atoms with van der Waals surface area (Å²) in [6.07, 6.45) is 0. The predicted molar refractivity (Wildman–Crippen MR) is 134 cm³/mol. The molecule has 3 heterocycles. The van der Waals surface area contributed by atoms with Crippen LogP contribution in [0.5, 0.6) is 5.75 Å². The normalized spacial score (nSPS) is 19.2. The van der Waals surface area contributed by atoms with Crippen LogP contribution in [0.2, 0.25) is 10.0 Å². The van der Waals surface area contributed by atoms with Crippen LogP contribution in [0, 0.1) is 0 Å². The van der Waals surface area contributed by atoms with Crippen LogP contribution >= 0.6 is 46.5 Å². The molecule has 2 aliphatic rings. The van der Waals surface area contributed by atoms with E-state index in [9.17, 15) is 24.3 Å². The lowest BCUT2D eigenvalue weighted by Gasteiger charge is -2.49. The fourth-order valence-electron chi connectivity index (χ4n) is 3.34. The van der Waals surface area contributed by atoms with Crippen LogP contribution in [0.3, 0.4) is 0 Å². The summed E-state index contributed by atoms with van der Waals surface area (Å²) in [4.78, 5) is 59.3. The standard InChI is InChI=1S/C20H16Cl2N6O7S2/c1-7(29)34-5-8-6-36-18-13(17(31)28(18)14(8)19(32)33)24-16(30)12(15-25-20(23)37-27-15)26-35-9-2-3-10(21)11(22)4-9/h2-4,13,18H,5-6H2,1H3,(H,24,30)(H,32,33)(H2,23,25,27)/t13-,18-/m1/s1. The number of thioether (sulfide) groups is 1. The summed E-state index contributed by atoms with van der Waals surface area (Å²) in [6.45, 7) is 0.923. The lowest BCUT2D eigenvalue weighted by Crippen LogP contribution is -2.71. The van der Waals surface area contributed by atoms with Crippen molar-refractivity contribution in [1.29, 1.82) is 0 Å². The molecule has 17 heteroatoms. The van der Waals surface area contributed by atoms with Gasteiger partial charge in [0.15, 0.2) is 10.9 Å². The van der Waals surface area contributed by atoms with Gasteiger partial charge in [0.1, 0.15) is 23.7 Å². The van der Waals surface area contributed by atoms with Crippen molar-refractivity contribution in [2.24, 2.45) is 5.16 Å². The maximum Gasteiger partial charge on any atom is 0.352 e. The Bertz CT molecular complexity index is 1360. The zero-order valence-electron chi connectivity index (χ0n) is 18.6. The molecule has 0 saturated carbocycles. The molecule has 0 bridgehead atoms. The molecule has 4 rings (SSSR count). The number of amides is 2. The highest BCUT2D eigenvalue weighted by atomic mass is 35.5. The van der Waals surface area contributed by atoms with Crippen molar-refractivity contribution in [3.8, 4) is 5.75 Å². The fraction of sp³-hybridized carbons (Fsp3) is 0.250. The number of anilines is 1. The second kappa shape index (κ2) is 10.9. The minimum atomic E-state index is -1.36. The number of halogens is 2. The maximum atomic E-state index is 13.1. The molecular weight excluding hydrogens is 571 g/mol. The third kappa shape index (κ3) is 5.64. The van der Waals surface area contributed by atoms with Crippen molar-refractivity contribution in [1.82, 2.24) is 19.6 Å². The van der Waals surface area contributed by atoms with Crippen LogP contribution in [0.25, 0.3) is 0 Å². The molecule has 0 radical (unpaired) electrons. The molecule has 2 amide bonds. The summed E-state index contributed by atoms with van der Waals surface area (Å²) in [5, 5.41) is 15.9. The number of nitrogen functional groups attached to an aromatic ring is 1. The topological polar surface area (TPSA) is 186 Å². The quantitative estimate of drug-likeness (QED) is 0.176. The van der Waals surface area contributed by atoms with Crippen molar-refractivity contribution in [3.63, 3.8) is 0 Å². The number of aliphatic carboxylic acids is 1. The van der Waals surface area contributed by atoms with E-state index < -0.39 is 35.2 Å². The Labute approximate surface area is 226 Å². The average Bonchev–Trinajstić information content (AvgIpc) is 3.28. The smallest absolute Gasteiger partial charge is 0.352 e. The summed E-state index contributed by atoms with van der Waals surface area (Å²) >= 11 is 13.9. The summed E-state index contributed by atoms with van der Waals surface area (Å²) in [5.41, 5.74) is 5.24. The summed E-state index contributed by atoms with van der Waals surface area (Å²) in [7, 11) is 0. The van der Waals surface area contributed by atoms with E-state index in [1.54, 1.807) is 0 Å². The number of benzene rings is 1. The summed E-state index contributed by atoms with van der Waals surface area (Å²) in [5.74, 6) is -3.29. The van der Waals surface area contributed by atoms with Gasteiger partial charge in [-0.1, -0.05) is 28.4 Å². The molecule has 1 fully saturated rings. The highest BCUT2D eigenvalue weighted by Gasteiger charge is 2.54. The Morgan fingerprint density at radius 1 is 1.32 bits per heavy atom. The number of fused-ring (bicyclic) bond motifs is 1. The number of esters is 1. The molecule has 13 nitrogen and oxygen atoms in total. The SMILES string of the molecule is CC(=O)OCC1=C(C(=O)O)N2C(=O)[C@@H](NC(=O)C(=NOc3ccc(Cl)c(Cl)c3)c3nsc(N)n3)[C@H]2SC1. The van der Waals surface area contributed by atoms with Crippen LogP contribution < -0.4 is 15.9 Å². The highest BCUT2D eigenvalue weighted by Crippen LogP contribution is 2.40. The number of carboxylic acid groups (broad SMARTS) is 1. The largest absolute Gasteiger partial charge is 0.477 e. The van der Waals surface area contributed by atoms with Crippen molar-refractivity contribution in [2.45, 2.75) is 18.3 Å². The van der Waals surface area contributed by atoms with Gasteiger partial charge < -0.3 is 25.7 Å². The number of carbonyl (C=O) groups is 4. The van der Waals surface area contributed by atoms with Crippen molar-refractivity contribution in [2.75, 3.05) is 18.1 Å². The molecule has 0 spiro atoms. The number of nitrogens with one attached hydrogen (secondary N) is 1. The number of carbonyl (C=O) groups excluding carboxylic acids is 3. The Hall–Kier alpha value is -3.40. The number of nitrogens with two attached hydrogens (primary N) is 1. The van der Waals surface area contributed by atoms with Gasteiger partial charge in [0, 0.05) is 35.8 Å². The first-order valence-corrected chi connectivity index (χ1v) is 12.8. The first kappa shape index (κ1) is 26.7. The Morgan fingerprint density at radius 3 is 2.70 bits per heavy atom. The number of rotatable bonds is 8. The van der Waals surface area contributed by atoms with Gasteiger partial charge in [0.05, 0.1) is 10.0 Å². The molecule has 2 atom stereocenters. The number of hydrogen-bond donors (Lipinski definition) is 3. The Kier molecular flexibility index (Phi) is 7.87. The number of β-lactam (4-membered cyclic amide) rings is 1. The van der Waals surface area contributed by atoms with Gasteiger partial charge >= 0.3 is 11.9 Å². The third-order valence-electron chi connectivity index (χ3n) is 4.99. The van der Waals surface area contributed by atoms with Crippen LogP contribution in [0.4, 0.5) is 5.13 Å². The molecule has 194 valence electrons. The van der Waals surface area contributed by atoms with E-state index in [0.29, 0.717) is 0 Å². The third-order valence-corrected chi connectivity index (χ3v) is 7.61. The Morgan fingerprint density at radius 2 is 2.08 bits per heavy atom. The molecule has 1 aromatic heterocycles. The van der Waals surface area contributed by atoms with Crippen molar-refractivity contribution in [3.05, 3.63) is 45.3 Å². The zero-order valence-corrected chi connectivity index (χ0v) is 21.8. The zero-order chi connectivity index (χ0) is 26.9. The van der Waals surface area contributed by atoms with Gasteiger partial charge in [-0.05, 0) is 12.1 Å². The molecule has 4 N–H and O–H groups in total. The molecular formula is C20H16Cl2N6O7S2. The molecule has 2 aromatic rings. The van der Waals surface area contributed by atoms with Crippen LogP contribution in [-0.2, 0) is 23.9 Å². The lowest BCUT2D eigenvalue weighted by atomic mass is 10.0. The van der Waals surface area contributed by atoms with Crippen LogP contribution in [0.1, 0.15) is 12.7 Å². The van der Waals surface area contributed by atoms with E-state index in [4.69, 9.17) is 38.5 Å². The molecule has 1 aromatic carbocycles. The fourth-order valence-corrected chi connectivity index (χ4v) is 5.39. The average molecular weight is 587 g/mol. The number of oxime groups is 1. The predicted octanol–water partition coefficient (Wildman–Crippen LogP) is 1.51. The maximum absolute atomic E-state index is 13.1. The first-order chi connectivity index (χ1) is 17.6. The van der Waals surface area contributed by atoms with E-state index in [1.807, 2.05) is 0 Å². The number of nitrogens with zero attached hydrogens (tertiary/aromatic N) is 4. The second-order valence-corrected chi connectivity index (χ2v) is 10.2. The van der Waals surface area contributed by atoms with Gasteiger partial charge in [-0.3, -0.25) is 19.3 Å². The van der Waals surface area contributed by atoms with Gasteiger partial charge in [0.25, 0.3) is 11.8 Å². The molecule has 0 unspecified atom stereocenters.